The highest BCUT2D eigenvalue weighted by atomic mass is 16.5. The Hall–Kier alpha value is -2.08. The first-order valence-corrected chi connectivity index (χ1v) is 6.55. The number of rotatable bonds is 4. The number of furan rings is 1. The lowest BCUT2D eigenvalue weighted by atomic mass is 10.2. The van der Waals surface area contributed by atoms with Crippen molar-refractivity contribution in [3.63, 3.8) is 0 Å². The van der Waals surface area contributed by atoms with Crippen molar-refractivity contribution in [2.24, 2.45) is 0 Å². The van der Waals surface area contributed by atoms with Gasteiger partial charge in [-0.25, -0.2) is 0 Å². The fraction of sp³-hybridized carbons (Fsp3) is 0.429. The molecule has 6 nitrogen and oxygen atoms in total. The summed E-state index contributed by atoms with van der Waals surface area (Å²) in [6.07, 6.45) is 4.44. The Balaban J connectivity index is 1.82. The van der Waals surface area contributed by atoms with Gasteiger partial charge in [0, 0.05) is 19.2 Å². The highest BCUT2D eigenvalue weighted by Gasteiger charge is 2.22. The second-order valence-electron chi connectivity index (χ2n) is 4.52. The van der Waals surface area contributed by atoms with E-state index in [1.54, 1.807) is 30.0 Å². The van der Waals surface area contributed by atoms with Crippen molar-refractivity contribution in [1.82, 2.24) is 10.2 Å². The highest BCUT2D eigenvalue weighted by Crippen LogP contribution is 2.03. The molecule has 0 saturated carbocycles. The summed E-state index contributed by atoms with van der Waals surface area (Å²) >= 11 is 0. The van der Waals surface area contributed by atoms with Gasteiger partial charge in [0.05, 0.1) is 19.5 Å². The first-order valence-electron chi connectivity index (χ1n) is 6.55. The van der Waals surface area contributed by atoms with Gasteiger partial charge >= 0.3 is 0 Å². The number of nitrogens with zero attached hydrogens (tertiary/aromatic N) is 1. The van der Waals surface area contributed by atoms with Crippen LogP contribution in [-0.2, 0) is 14.3 Å². The Bertz CT molecular complexity index is 475. The van der Waals surface area contributed by atoms with E-state index in [1.165, 1.54) is 12.3 Å². The van der Waals surface area contributed by atoms with E-state index in [0.29, 0.717) is 32.1 Å². The van der Waals surface area contributed by atoms with Crippen LogP contribution in [0, 0.1) is 0 Å². The Morgan fingerprint density at radius 1 is 1.40 bits per heavy atom. The second-order valence-corrected chi connectivity index (χ2v) is 4.52. The second kappa shape index (κ2) is 6.91. The van der Waals surface area contributed by atoms with Crippen molar-refractivity contribution in [2.75, 3.05) is 26.3 Å². The number of hydrogen-bond acceptors (Lipinski definition) is 4. The minimum absolute atomic E-state index is 0.0898. The van der Waals surface area contributed by atoms with E-state index in [1.807, 2.05) is 0 Å². The molecule has 0 aromatic carbocycles. The largest absolute Gasteiger partial charge is 0.465 e. The van der Waals surface area contributed by atoms with Crippen LogP contribution < -0.4 is 5.32 Å². The van der Waals surface area contributed by atoms with Gasteiger partial charge in [-0.15, -0.1) is 0 Å². The smallest absolute Gasteiger partial charge is 0.245 e. The summed E-state index contributed by atoms with van der Waals surface area (Å²) < 4.78 is 10.3. The summed E-state index contributed by atoms with van der Waals surface area (Å²) in [5.41, 5.74) is 0. The molecule has 1 N–H and O–H groups in total. The van der Waals surface area contributed by atoms with Crippen LogP contribution in [-0.4, -0.2) is 49.1 Å². The molecule has 1 aliphatic rings. The summed E-state index contributed by atoms with van der Waals surface area (Å²) in [5, 5.41) is 2.64. The lowest BCUT2D eigenvalue weighted by molar-refractivity contribution is -0.138. The Kier molecular flexibility index (Phi) is 4.95. The molecule has 2 heterocycles. The molecule has 1 saturated heterocycles. The number of amides is 2. The fourth-order valence-corrected chi connectivity index (χ4v) is 1.92. The molecule has 0 aliphatic carbocycles. The first kappa shape index (κ1) is 14.3. The van der Waals surface area contributed by atoms with Crippen LogP contribution in [0.4, 0.5) is 0 Å². The quantitative estimate of drug-likeness (QED) is 0.821. The molecule has 2 amide bonds. The molecule has 1 aromatic rings. The van der Waals surface area contributed by atoms with Gasteiger partial charge in [-0.2, -0.15) is 0 Å². The van der Waals surface area contributed by atoms with Crippen LogP contribution in [0.25, 0.3) is 6.08 Å². The average Bonchev–Trinajstić information content (AvgIpc) is 2.98. The van der Waals surface area contributed by atoms with Crippen molar-refractivity contribution in [3.8, 4) is 0 Å². The first-order chi connectivity index (χ1) is 9.66. The van der Waals surface area contributed by atoms with Gasteiger partial charge in [-0.05, 0) is 25.1 Å². The van der Waals surface area contributed by atoms with Gasteiger partial charge in [-0.3, -0.25) is 9.59 Å². The normalized spacial score (nSPS) is 17.1. The van der Waals surface area contributed by atoms with E-state index in [4.69, 9.17) is 9.15 Å². The minimum Gasteiger partial charge on any atom is -0.465 e. The van der Waals surface area contributed by atoms with Gasteiger partial charge < -0.3 is 19.4 Å². The summed E-state index contributed by atoms with van der Waals surface area (Å²) in [6.45, 7) is 3.91. The van der Waals surface area contributed by atoms with Crippen molar-refractivity contribution >= 4 is 17.9 Å². The van der Waals surface area contributed by atoms with Gasteiger partial charge in [-0.1, -0.05) is 0 Å². The number of morpholine rings is 1. The molecule has 1 aromatic heterocycles. The average molecular weight is 278 g/mol. The van der Waals surface area contributed by atoms with Gasteiger partial charge in [0.15, 0.2) is 0 Å². The minimum atomic E-state index is -0.554. The zero-order chi connectivity index (χ0) is 14.4. The molecule has 0 bridgehead atoms. The van der Waals surface area contributed by atoms with E-state index in [0.717, 1.165) is 0 Å². The van der Waals surface area contributed by atoms with Gasteiger partial charge in [0.1, 0.15) is 11.8 Å². The van der Waals surface area contributed by atoms with E-state index in [-0.39, 0.29) is 11.8 Å². The number of carbonyl (C=O) groups is 2. The molecule has 20 heavy (non-hydrogen) atoms. The van der Waals surface area contributed by atoms with Gasteiger partial charge in [0.2, 0.25) is 11.8 Å². The van der Waals surface area contributed by atoms with E-state index in [2.05, 4.69) is 5.32 Å². The number of hydrogen-bond donors (Lipinski definition) is 1. The molecule has 108 valence electrons. The molecule has 1 atom stereocenters. The molecule has 1 aliphatic heterocycles. The Labute approximate surface area is 117 Å². The zero-order valence-corrected chi connectivity index (χ0v) is 11.4. The number of nitrogens with one attached hydrogen (secondary N) is 1. The van der Waals surface area contributed by atoms with Crippen molar-refractivity contribution < 1.29 is 18.7 Å². The van der Waals surface area contributed by atoms with Crippen LogP contribution in [0.5, 0.6) is 0 Å². The Morgan fingerprint density at radius 2 is 2.15 bits per heavy atom. The molecule has 2 rings (SSSR count). The highest BCUT2D eigenvalue weighted by molar-refractivity contribution is 5.95. The van der Waals surface area contributed by atoms with E-state index >= 15 is 0 Å². The standard InChI is InChI=1S/C14H18N2O4/c1-11(14(18)16-6-9-19-10-7-16)15-13(17)5-4-12-3-2-8-20-12/h2-5,8,11H,6-7,9-10H2,1H3,(H,15,17). The third kappa shape index (κ3) is 3.96. The zero-order valence-electron chi connectivity index (χ0n) is 11.4. The van der Waals surface area contributed by atoms with Crippen molar-refractivity contribution in [1.29, 1.82) is 0 Å². The predicted octanol–water partition coefficient (Wildman–Crippen LogP) is 0.656. The van der Waals surface area contributed by atoms with Crippen LogP contribution in [0.3, 0.4) is 0 Å². The van der Waals surface area contributed by atoms with E-state index in [9.17, 15) is 9.59 Å². The number of ether oxygens (including phenoxy) is 1. The lowest BCUT2D eigenvalue weighted by Crippen LogP contribution is -2.50. The summed E-state index contributed by atoms with van der Waals surface area (Å²) in [7, 11) is 0. The van der Waals surface area contributed by atoms with Crippen LogP contribution in [0.2, 0.25) is 0 Å². The van der Waals surface area contributed by atoms with Crippen LogP contribution in [0.1, 0.15) is 12.7 Å². The topological polar surface area (TPSA) is 71.8 Å². The van der Waals surface area contributed by atoms with Crippen molar-refractivity contribution in [2.45, 2.75) is 13.0 Å². The maximum Gasteiger partial charge on any atom is 0.245 e. The maximum atomic E-state index is 12.1. The molecule has 1 fully saturated rings. The lowest BCUT2D eigenvalue weighted by Gasteiger charge is -2.29. The molecule has 6 heteroatoms. The maximum absolute atomic E-state index is 12.1. The molecule has 0 spiro atoms. The molecular weight excluding hydrogens is 260 g/mol. The molecule has 1 unspecified atom stereocenters. The summed E-state index contributed by atoms with van der Waals surface area (Å²) in [5.74, 6) is 0.177. The van der Waals surface area contributed by atoms with Crippen LogP contribution in [0.15, 0.2) is 28.9 Å². The predicted molar refractivity (Wildman–Crippen MR) is 72.7 cm³/mol. The molecule has 0 radical (unpaired) electrons. The number of carbonyl (C=O) groups excluding carboxylic acids is 2. The third-order valence-electron chi connectivity index (χ3n) is 2.99. The third-order valence-corrected chi connectivity index (χ3v) is 2.99. The summed E-state index contributed by atoms with van der Waals surface area (Å²) in [6, 6.07) is 2.93. The van der Waals surface area contributed by atoms with Gasteiger partial charge in [0.25, 0.3) is 0 Å². The molecular formula is C14H18N2O4. The monoisotopic (exact) mass is 278 g/mol. The SMILES string of the molecule is CC(NC(=O)C=Cc1ccco1)C(=O)N1CCOCC1. The fourth-order valence-electron chi connectivity index (χ4n) is 1.92. The Morgan fingerprint density at radius 3 is 2.80 bits per heavy atom. The van der Waals surface area contributed by atoms with Crippen molar-refractivity contribution in [3.05, 3.63) is 30.2 Å². The van der Waals surface area contributed by atoms with Crippen LogP contribution >= 0.6 is 0 Å². The van der Waals surface area contributed by atoms with E-state index < -0.39 is 6.04 Å². The summed E-state index contributed by atoms with van der Waals surface area (Å²) in [4.78, 5) is 25.5.